The number of nitrogens with two attached hydrogens (primary N) is 1. The molecule has 0 aromatic carbocycles. The third kappa shape index (κ3) is 2.24. The smallest absolute Gasteiger partial charge is 0.0641 e. The van der Waals surface area contributed by atoms with Crippen molar-refractivity contribution in [2.75, 3.05) is 13.1 Å². The number of hydrogen-bond acceptors (Lipinski definition) is 3. The van der Waals surface area contributed by atoms with Crippen LogP contribution in [0, 0.1) is 12.8 Å². The van der Waals surface area contributed by atoms with Gasteiger partial charge >= 0.3 is 0 Å². The van der Waals surface area contributed by atoms with Gasteiger partial charge in [-0.25, -0.2) is 0 Å². The van der Waals surface area contributed by atoms with Crippen LogP contribution in [0.1, 0.15) is 37.6 Å². The summed E-state index contributed by atoms with van der Waals surface area (Å²) in [7, 11) is 1.99. The molecule has 0 amide bonds. The maximum Gasteiger partial charge on any atom is 0.0641 e. The van der Waals surface area contributed by atoms with E-state index < -0.39 is 0 Å². The van der Waals surface area contributed by atoms with Gasteiger partial charge in [-0.3, -0.25) is 9.58 Å². The molecule has 2 unspecified atom stereocenters. The van der Waals surface area contributed by atoms with Gasteiger partial charge in [-0.2, -0.15) is 5.10 Å². The molecule has 4 nitrogen and oxygen atoms in total. The first-order valence-electron chi connectivity index (χ1n) is 6.50. The Hall–Kier alpha value is -0.870. The first kappa shape index (κ1) is 12.6. The molecule has 1 aliphatic rings. The van der Waals surface area contributed by atoms with E-state index in [0.29, 0.717) is 18.0 Å². The predicted octanol–water partition coefficient (Wildman–Crippen LogP) is 1.46. The van der Waals surface area contributed by atoms with Crippen LogP contribution in [0.15, 0.2) is 6.20 Å². The summed E-state index contributed by atoms with van der Waals surface area (Å²) in [6.45, 7) is 8.54. The van der Waals surface area contributed by atoms with Gasteiger partial charge in [0, 0.05) is 30.9 Å². The first-order chi connectivity index (χ1) is 8.04. The molecule has 1 aliphatic heterocycles. The highest BCUT2D eigenvalue weighted by Crippen LogP contribution is 2.38. The van der Waals surface area contributed by atoms with Crippen LogP contribution >= 0.6 is 0 Å². The summed E-state index contributed by atoms with van der Waals surface area (Å²) in [5.41, 5.74) is 8.42. The van der Waals surface area contributed by atoms with Crippen molar-refractivity contribution in [3.05, 3.63) is 17.5 Å². The second kappa shape index (κ2) is 4.78. The highest BCUT2D eigenvalue weighted by molar-refractivity contribution is 5.23. The van der Waals surface area contributed by atoms with Crippen molar-refractivity contribution in [3.63, 3.8) is 0 Å². The molecule has 0 saturated carbocycles. The average molecular weight is 236 g/mol. The summed E-state index contributed by atoms with van der Waals surface area (Å²) < 4.78 is 1.91. The minimum atomic E-state index is 0.452. The first-order valence-corrected chi connectivity index (χ1v) is 6.50. The molecule has 1 aromatic rings. The van der Waals surface area contributed by atoms with Crippen molar-refractivity contribution in [1.82, 2.24) is 14.7 Å². The van der Waals surface area contributed by atoms with Gasteiger partial charge in [0.05, 0.1) is 5.69 Å². The highest BCUT2D eigenvalue weighted by Gasteiger charge is 2.37. The van der Waals surface area contributed by atoms with E-state index in [2.05, 4.69) is 37.0 Å². The number of likely N-dealkylation sites (tertiary alicyclic amines) is 1. The fraction of sp³-hybridized carbons (Fsp3) is 0.769. The maximum atomic E-state index is 5.93. The van der Waals surface area contributed by atoms with E-state index in [1.807, 2.05) is 11.7 Å². The molecular formula is C13H24N4. The Balaban J connectivity index is 2.34. The largest absolute Gasteiger partial charge is 0.330 e. The van der Waals surface area contributed by atoms with Gasteiger partial charge in [0.2, 0.25) is 0 Å². The third-order valence-electron chi connectivity index (χ3n) is 3.90. The molecule has 1 fully saturated rings. The van der Waals surface area contributed by atoms with Crippen LogP contribution in [0.4, 0.5) is 0 Å². The lowest BCUT2D eigenvalue weighted by atomic mass is 9.94. The Bertz CT molecular complexity index is 383. The van der Waals surface area contributed by atoms with Gasteiger partial charge in [0.1, 0.15) is 0 Å². The molecule has 96 valence electrons. The lowest BCUT2D eigenvalue weighted by molar-refractivity contribution is 0.184. The van der Waals surface area contributed by atoms with Crippen molar-refractivity contribution in [2.24, 2.45) is 18.7 Å². The summed E-state index contributed by atoms with van der Waals surface area (Å²) in [6, 6.07) is 1.02. The van der Waals surface area contributed by atoms with Gasteiger partial charge in [0.25, 0.3) is 0 Å². The number of aromatic nitrogens is 2. The average Bonchev–Trinajstić information content (AvgIpc) is 2.80. The SMILES string of the molecule is Cc1nn(C)cc1C1C(CN)CCN1C(C)C. The molecule has 4 heteroatoms. The van der Waals surface area contributed by atoms with Crippen LogP contribution < -0.4 is 5.73 Å². The minimum Gasteiger partial charge on any atom is -0.330 e. The summed E-state index contributed by atoms with van der Waals surface area (Å²) in [5, 5.41) is 4.47. The quantitative estimate of drug-likeness (QED) is 0.864. The third-order valence-corrected chi connectivity index (χ3v) is 3.90. The van der Waals surface area contributed by atoms with Gasteiger partial charge in [0.15, 0.2) is 0 Å². The maximum absolute atomic E-state index is 5.93. The molecule has 17 heavy (non-hydrogen) atoms. The Labute approximate surface area is 104 Å². The lowest BCUT2D eigenvalue weighted by Gasteiger charge is -2.30. The van der Waals surface area contributed by atoms with Crippen LogP contribution in [0.2, 0.25) is 0 Å². The van der Waals surface area contributed by atoms with Gasteiger partial charge in [-0.1, -0.05) is 0 Å². The second-order valence-electron chi connectivity index (χ2n) is 5.40. The van der Waals surface area contributed by atoms with Crippen LogP contribution in [-0.2, 0) is 7.05 Å². The normalized spacial score (nSPS) is 26.0. The van der Waals surface area contributed by atoms with E-state index in [1.165, 1.54) is 12.0 Å². The number of hydrogen-bond donors (Lipinski definition) is 1. The molecule has 2 N–H and O–H groups in total. The van der Waals surface area contributed by atoms with E-state index in [1.54, 1.807) is 0 Å². The van der Waals surface area contributed by atoms with Gasteiger partial charge in [-0.15, -0.1) is 0 Å². The molecule has 0 radical (unpaired) electrons. The summed E-state index contributed by atoms with van der Waals surface area (Å²) in [4.78, 5) is 2.56. The standard InChI is InChI=1S/C13H24N4/c1-9(2)17-6-5-11(7-14)13(17)12-8-16(4)15-10(12)3/h8-9,11,13H,5-7,14H2,1-4H3. The summed E-state index contributed by atoms with van der Waals surface area (Å²) >= 11 is 0. The molecule has 1 aromatic heterocycles. The molecule has 2 heterocycles. The van der Waals surface area contributed by atoms with Crippen molar-refractivity contribution in [2.45, 2.75) is 39.3 Å². The molecule has 0 bridgehead atoms. The van der Waals surface area contributed by atoms with Crippen LogP contribution in [0.3, 0.4) is 0 Å². The van der Waals surface area contributed by atoms with E-state index in [4.69, 9.17) is 5.73 Å². The molecule has 0 aliphatic carbocycles. The van der Waals surface area contributed by atoms with Crippen LogP contribution in [0.25, 0.3) is 0 Å². The Morgan fingerprint density at radius 1 is 1.53 bits per heavy atom. The topological polar surface area (TPSA) is 47.1 Å². The fourth-order valence-corrected chi connectivity index (χ4v) is 3.05. The summed E-state index contributed by atoms with van der Waals surface area (Å²) in [6.07, 6.45) is 3.36. The zero-order chi connectivity index (χ0) is 12.6. The lowest BCUT2D eigenvalue weighted by Crippen LogP contribution is -2.33. The second-order valence-corrected chi connectivity index (χ2v) is 5.40. The predicted molar refractivity (Wildman–Crippen MR) is 69.7 cm³/mol. The minimum absolute atomic E-state index is 0.452. The van der Waals surface area contributed by atoms with Gasteiger partial charge in [-0.05, 0) is 46.2 Å². The monoisotopic (exact) mass is 236 g/mol. The van der Waals surface area contributed by atoms with Crippen molar-refractivity contribution in [1.29, 1.82) is 0 Å². The Kier molecular flexibility index (Phi) is 3.54. The highest BCUT2D eigenvalue weighted by atomic mass is 15.3. The number of rotatable bonds is 3. The van der Waals surface area contributed by atoms with E-state index in [9.17, 15) is 0 Å². The van der Waals surface area contributed by atoms with Crippen molar-refractivity contribution in [3.8, 4) is 0 Å². The van der Waals surface area contributed by atoms with Crippen LogP contribution in [-0.4, -0.2) is 33.8 Å². The van der Waals surface area contributed by atoms with E-state index >= 15 is 0 Å². The molecule has 2 atom stereocenters. The summed E-state index contributed by atoms with van der Waals surface area (Å²) in [5.74, 6) is 0.570. The Morgan fingerprint density at radius 2 is 2.24 bits per heavy atom. The van der Waals surface area contributed by atoms with Gasteiger partial charge < -0.3 is 5.73 Å². The van der Waals surface area contributed by atoms with E-state index in [0.717, 1.165) is 18.8 Å². The molecule has 0 spiro atoms. The zero-order valence-corrected chi connectivity index (χ0v) is 11.3. The van der Waals surface area contributed by atoms with Crippen molar-refractivity contribution < 1.29 is 0 Å². The Morgan fingerprint density at radius 3 is 2.71 bits per heavy atom. The molecule has 1 saturated heterocycles. The molecule has 2 rings (SSSR count). The van der Waals surface area contributed by atoms with Crippen LogP contribution in [0.5, 0.6) is 0 Å². The number of aryl methyl sites for hydroxylation is 2. The fourth-order valence-electron chi connectivity index (χ4n) is 3.05. The van der Waals surface area contributed by atoms with Crippen molar-refractivity contribution >= 4 is 0 Å². The zero-order valence-electron chi connectivity index (χ0n) is 11.3. The molecular weight excluding hydrogens is 212 g/mol. The van der Waals surface area contributed by atoms with E-state index in [-0.39, 0.29) is 0 Å². The number of nitrogens with zero attached hydrogens (tertiary/aromatic N) is 3.